The van der Waals surface area contributed by atoms with Crippen LogP contribution in [0.3, 0.4) is 0 Å². The zero-order valence-corrected chi connectivity index (χ0v) is 12.1. The van der Waals surface area contributed by atoms with E-state index in [1.54, 1.807) is 0 Å². The van der Waals surface area contributed by atoms with Crippen molar-refractivity contribution in [3.63, 3.8) is 0 Å². The highest BCUT2D eigenvalue weighted by Crippen LogP contribution is 2.12. The molecule has 0 fully saturated rings. The Morgan fingerprint density at radius 3 is 1.75 bits per heavy atom. The molecule has 16 heavy (non-hydrogen) atoms. The van der Waals surface area contributed by atoms with E-state index in [-0.39, 0.29) is 0 Å². The van der Waals surface area contributed by atoms with Gasteiger partial charge in [0.15, 0.2) is 0 Å². The van der Waals surface area contributed by atoms with Crippen LogP contribution in [0, 0.1) is 0 Å². The molecule has 0 N–H and O–H groups in total. The van der Waals surface area contributed by atoms with Crippen LogP contribution in [-0.2, 0) is 0 Å². The smallest absolute Gasteiger partial charge is 0.00666 e. The largest absolute Gasteiger partial charge is 0.301 e. The third-order valence-electron chi connectivity index (χ3n) is 3.66. The molecule has 0 heterocycles. The monoisotopic (exact) mass is 227 g/mol. The van der Waals surface area contributed by atoms with E-state index in [1.807, 2.05) is 0 Å². The van der Waals surface area contributed by atoms with Crippen molar-refractivity contribution < 1.29 is 0 Å². The molecule has 0 aromatic carbocycles. The van der Waals surface area contributed by atoms with Crippen molar-refractivity contribution in [2.75, 3.05) is 13.1 Å². The van der Waals surface area contributed by atoms with Gasteiger partial charge in [0, 0.05) is 6.04 Å². The fourth-order valence-corrected chi connectivity index (χ4v) is 2.43. The number of unbranched alkanes of at least 4 members (excludes halogenated alkanes) is 6. The van der Waals surface area contributed by atoms with E-state index in [9.17, 15) is 0 Å². The maximum atomic E-state index is 2.57. The van der Waals surface area contributed by atoms with Crippen molar-refractivity contribution in [3.8, 4) is 0 Å². The van der Waals surface area contributed by atoms with E-state index in [2.05, 4.69) is 32.6 Å². The van der Waals surface area contributed by atoms with Gasteiger partial charge < -0.3 is 4.90 Å². The molecule has 0 aromatic rings. The highest BCUT2D eigenvalue weighted by Gasteiger charge is 2.08. The fourth-order valence-electron chi connectivity index (χ4n) is 2.43. The Bertz CT molecular complexity index is 129. The third-order valence-corrected chi connectivity index (χ3v) is 3.66. The zero-order chi connectivity index (χ0) is 12.2. The molecule has 98 valence electrons. The third kappa shape index (κ3) is 8.15. The molecule has 0 aliphatic heterocycles. The summed E-state index contributed by atoms with van der Waals surface area (Å²) in [4.78, 5) is 2.57. The number of hydrogen-bond donors (Lipinski definition) is 0. The van der Waals surface area contributed by atoms with Gasteiger partial charge >= 0.3 is 0 Å². The molecule has 0 bridgehead atoms. The predicted octanol–water partition coefficient (Wildman–Crippen LogP) is 4.86. The second-order valence-electron chi connectivity index (χ2n) is 4.98. The molecule has 0 aromatic heterocycles. The number of hydrogen-bond acceptors (Lipinski definition) is 1. The van der Waals surface area contributed by atoms with Crippen molar-refractivity contribution >= 4 is 0 Å². The lowest BCUT2D eigenvalue weighted by Crippen LogP contribution is -2.32. The predicted molar refractivity (Wildman–Crippen MR) is 75.0 cm³/mol. The number of rotatable bonds is 11. The first-order chi connectivity index (χ1) is 7.76. The molecule has 0 aliphatic rings. The van der Waals surface area contributed by atoms with Crippen LogP contribution < -0.4 is 0 Å². The Kier molecular flexibility index (Phi) is 11.4. The zero-order valence-electron chi connectivity index (χ0n) is 12.1. The minimum atomic E-state index is 0.783. The summed E-state index contributed by atoms with van der Waals surface area (Å²) in [5.41, 5.74) is 0. The highest BCUT2D eigenvalue weighted by atomic mass is 15.1. The van der Waals surface area contributed by atoms with Gasteiger partial charge in [0.05, 0.1) is 0 Å². The summed E-state index contributed by atoms with van der Waals surface area (Å²) in [6, 6.07) is 0.783. The first kappa shape index (κ1) is 16.0. The lowest BCUT2D eigenvalue weighted by atomic mass is 10.1. The fraction of sp³-hybridized carbons (Fsp3) is 1.00. The molecule has 0 spiro atoms. The van der Waals surface area contributed by atoms with Crippen molar-refractivity contribution in [2.45, 2.75) is 85.1 Å². The van der Waals surface area contributed by atoms with E-state index in [1.165, 1.54) is 64.5 Å². The second-order valence-corrected chi connectivity index (χ2v) is 4.98. The summed E-state index contributed by atoms with van der Waals surface area (Å²) in [7, 11) is 0. The van der Waals surface area contributed by atoms with Crippen molar-refractivity contribution in [3.05, 3.63) is 0 Å². The van der Waals surface area contributed by atoms with Gasteiger partial charge in [-0.25, -0.2) is 0 Å². The molecule has 0 amide bonds. The lowest BCUT2D eigenvalue weighted by molar-refractivity contribution is 0.217. The highest BCUT2D eigenvalue weighted by molar-refractivity contribution is 4.64. The van der Waals surface area contributed by atoms with Gasteiger partial charge in [-0.15, -0.1) is 0 Å². The van der Waals surface area contributed by atoms with E-state index in [4.69, 9.17) is 0 Å². The van der Waals surface area contributed by atoms with Gasteiger partial charge in [-0.05, 0) is 26.4 Å². The summed E-state index contributed by atoms with van der Waals surface area (Å²) in [5, 5.41) is 0. The van der Waals surface area contributed by atoms with Crippen LogP contribution in [0.2, 0.25) is 0 Å². The SMILES string of the molecule is CCCCCCCCCC(C)N(CC)CC. The standard InChI is InChI=1S/C15H33N/c1-5-8-9-10-11-12-13-14-15(4)16(6-2)7-3/h15H,5-14H2,1-4H3. The average molecular weight is 227 g/mol. The number of nitrogens with zero attached hydrogens (tertiary/aromatic N) is 1. The molecule has 0 rings (SSSR count). The molecule has 1 nitrogen and oxygen atoms in total. The maximum absolute atomic E-state index is 2.57. The minimum Gasteiger partial charge on any atom is -0.301 e. The van der Waals surface area contributed by atoms with Gasteiger partial charge in [-0.1, -0.05) is 65.7 Å². The Balaban J connectivity index is 3.30. The van der Waals surface area contributed by atoms with Gasteiger partial charge in [0.1, 0.15) is 0 Å². The molecule has 0 saturated heterocycles. The van der Waals surface area contributed by atoms with Crippen LogP contribution in [-0.4, -0.2) is 24.0 Å². The average Bonchev–Trinajstić information content (AvgIpc) is 2.29. The molecule has 0 radical (unpaired) electrons. The molecule has 1 atom stereocenters. The van der Waals surface area contributed by atoms with Crippen molar-refractivity contribution in [2.24, 2.45) is 0 Å². The van der Waals surface area contributed by atoms with Crippen molar-refractivity contribution in [1.82, 2.24) is 4.90 Å². The molecule has 0 aliphatic carbocycles. The Labute approximate surface area is 104 Å². The van der Waals surface area contributed by atoms with E-state index < -0.39 is 0 Å². The normalized spacial score (nSPS) is 13.3. The Morgan fingerprint density at radius 2 is 1.25 bits per heavy atom. The summed E-state index contributed by atoms with van der Waals surface area (Å²) in [6.45, 7) is 11.6. The van der Waals surface area contributed by atoms with Gasteiger partial charge in [0.25, 0.3) is 0 Å². The van der Waals surface area contributed by atoms with Crippen LogP contribution in [0.5, 0.6) is 0 Å². The maximum Gasteiger partial charge on any atom is 0.00666 e. The summed E-state index contributed by atoms with van der Waals surface area (Å²) < 4.78 is 0. The Morgan fingerprint density at radius 1 is 0.750 bits per heavy atom. The van der Waals surface area contributed by atoms with Gasteiger partial charge in [-0.2, -0.15) is 0 Å². The van der Waals surface area contributed by atoms with E-state index in [0.29, 0.717) is 0 Å². The summed E-state index contributed by atoms with van der Waals surface area (Å²) >= 11 is 0. The van der Waals surface area contributed by atoms with Gasteiger partial charge in [0.2, 0.25) is 0 Å². The molecule has 1 heteroatoms. The van der Waals surface area contributed by atoms with Crippen LogP contribution >= 0.6 is 0 Å². The minimum absolute atomic E-state index is 0.783. The van der Waals surface area contributed by atoms with Crippen LogP contribution in [0.15, 0.2) is 0 Å². The summed E-state index contributed by atoms with van der Waals surface area (Å²) in [5.74, 6) is 0. The molecule has 0 saturated carbocycles. The van der Waals surface area contributed by atoms with Gasteiger partial charge in [-0.3, -0.25) is 0 Å². The topological polar surface area (TPSA) is 3.24 Å². The Hall–Kier alpha value is -0.0400. The van der Waals surface area contributed by atoms with E-state index >= 15 is 0 Å². The van der Waals surface area contributed by atoms with E-state index in [0.717, 1.165) is 6.04 Å². The molecular formula is C15H33N. The lowest BCUT2D eigenvalue weighted by Gasteiger charge is -2.26. The van der Waals surface area contributed by atoms with Crippen LogP contribution in [0.4, 0.5) is 0 Å². The molecular weight excluding hydrogens is 194 g/mol. The first-order valence-corrected chi connectivity index (χ1v) is 7.50. The quantitative estimate of drug-likeness (QED) is 0.456. The van der Waals surface area contributed by atoms with Crippen LogP contribution in [0.1, 0.15) is 79.1 Å². The van der Waals surface area contributed by atoms with Crippen LogP contribution in [0.25, 0.3) is 0 Å². The second kappa shape index (κ2) is 11.4. The summed E-state index contributed by atoms with van der Waals surface area (Å²) in [6.07, 6.45) is 11.4. The van der Waals surface area contributed by atoms with Crippen molar-refractivity contribution in [1.29, 1.82) is 0 Å². The molecule has 1 unspecified atom stereocenters. The first-order valence-electron chi connectivity index (χ1n) is 7.50.